The van der Waals surface area contributed by atoms with Gasteiger partial charge in [-0.15, -0.1) is 16.8 Å². The average molecular weight is 239 g/mol. The number of rotatable bonds is 7. The fraction of sp³-hybridized carbons (Fsp3) is 0.636. The van der Waals surface area contributed by atoms with Crippen molar-refractivity contribution in [1.82, 2.24) is 14.8 Å². The first-order valence-electron chi connectivity index (χ1n) is 5.64. The molecule has 1 fully saturated rings. The van der Waals surface area contributed by atoms with Crippen molar-refractivity contribution in [3.8, 4) is 0 Å². The van der Waals surface area contributed by atoms with Gasteiger partial charge in [0.05, 0.1) is 0 Å². The lowest BCUT2D eigenvalue weighted by Crippen LogP contribution is -2.03. The van der Waals surface area contributed by atoms with Gasteiger partial charge in [0.15, 0.2) is 5.16 Å². The van der Waals surface area contributed by atoms with Crippen molar-refractivity contribution < 1.29 is 5.11 Å². The molecule has 1 heterocycles. The van der Waals surface area contributed by atoms with Crippen LogP contribution >= 0.6 is 11.8 Å². The third kappa shape index (κ3) is 2.65. The second-order valence-corrected chi connectivity index (χ2v) is 5.00. The van der Waals surface area contributed by atoms with Crippen molar-refractivity contribution in [2.45, 2.75) is 36.9 Å². The van der Waals surface area contributed by atoms with Crippen LogP contribution in [0.25, 0.3) is 0 Å². The van der Waals surface area contributed by atoms with Crippen LogP contribution in [0.4, 0.5) is 0 Å². The van der Waals surface area contributed by atoms with E-state index in [9.17, 15) is 0 Å². The molecule has 5 heteroatoms. The molecule has 0 aliphatic heterocycles. The van der Waals surface area contributed by atoms with E-state index in [-0.39, 0.29) is 6.61 Å². The lowest BCUT2D eigenvalue weighted by Gasteiger charge is -2.06. The Morgan fingerprint density at radius 1 is 1.50 bits per heavy atom. The summed E-state index contributed by atoms with van der Waals surface area (Å²) in [6.07, 6.45) is 5.14. The number of nitrogens with zero attached hydrogens (tertiary/aromatic N) is 3. The highest BCUT2D eigenvalue weighted by Gasteiger charge is 2.29. The maximum atomic E-state index is 8.75. The summed E-state index contributed by atoms with van der Waals surface area (Å²) in [7, 11) is 0. The summed E-state index contributed by atoms with van der Waals surface area (Å²) in [5, 5.41) is 18.2. The van der Waals surface area contributed by atoms with E-state index >= 15 is 0 Å². The van der Waals surface area contributed by atoms with E-state index in [4.69, 9.17) is 5.11 Å². The molecule has 0 bridgehead atoms. The van der Waals surface area contributed by atoms with Gasteiger partial charge in [0.25, 0.3) is 0 Å². The van der Waals surface area contributed by atoms with Gasteiger partial charge in [0.1, 0.15) is 5.82 Å². The van der Waals surface area contributed by atoms with E-state index < -0.39 is 0 Å². The lowest BCUT2D eigenvalue weighted by atomic mass is 10.4. The number of aliphatic hydroxyl groups is 1. The van der Waals surface area contributed by atoms with Crippen molar-refractivity contribution in [3.05, 3.63) is 18.5 Å². The van der Waals surface area contributed by atoms with E-state index in [1.54, 1.807) is 11.8 Å². The first kappa shape index (κ1) is 11.7. The Balaban J connectivity index is 2.06. The summed E-state index contributed by atoms with van der Waals surface area (Å²) in [4.78, 5) is 0. The quantitative estimate of drug-likeness (QED) is 0.448. The predicted molar refractivity (Wildman–Crippen MR) is 64.6 cm³/mol. The molecule has 1 aliphatic carbocycles. The third-order valence-electron chi connectivity index (χ3n) is 2.53. The van der Waals surface area contributed by atoms with Crippen molar-refractivity contribution in [2.24, 2.45) is 0 Å². The van der Waals surface area contributed by atoms with E-state index in [1.165, 1.54) is 12.8 Å². The van der Waals surface area contributed by atoms with Crippen LogP contribution in [0.3, 0.4) is 0 Å². The number of aliphatic hydroxyl groups excluding tert-OH is 1. The molecule has 16 heavy (non-hydrogen) atoms. The van der Waals surface area contributed by atoms with Crippen molar-refractivity contribution in [2.75, 3.05) is 12.4 Å². The smallest absolute Gasteiger partial charge is 0.191 e. The fourth-order valence-electron chi connectivity index (χ4n) is 1.58. The van der Waals surface area contributed by atoms with E-state index in [0.29, 0.717) is 5.92 Å². The molecule has 1 aromatic rings. The monoisotopic (exact) mass is 239 g/mol. The lowest BCUT2D eigenvalue weighted by molar-refractivity contribution is 0.296. The minimum atomic E-state index is 0.234. The molecule has 0 unspecified atom stereocenters. The van der Waals surface area contributed by atoms with Gasteiger partial charge >= 0.3 is 0 Å². The van der Waals surface area contributed by atoms with Gasteiger partial charge < -0.3 is 9.67 Å². The highest BCUT2D eigenvalue weighted by molar-refractivity contribution is 7.99. The Bertz CT molecular complexity index is 360. The topological polar surface area (TPSA) is 50.9 Å². The van der Waals surface area contributed by atoms with Crippen molar-refractivity contribution in [3.63, 3.8) is 0 Å². The molecular weight excluding hydrogens is 222 g/mol. The Kier molecular flexibility index (Phi) is 4.01. The minimum absolute atomic E-state index is 0.234. The summed E-state index contributed by atoms with van der Waals surface area (Å²) in [5.41, 5.74) is 0. The standard InChI is InChI=1S/C11H17N3OS/c1-2-6-14-10(9-4-5-9)12-13-11(14)16-8-3-7-15/h2,9,15H,1,3-8H2. The van der Waals surface area contributed by atoms with Gasteiger partial charge in [-0.1, -0.05) is 17.8 Å². The third-order valence-corrected chi connectivity index (χ3v) is 3.59. The van der Waals surface area contributed by atoms with E-state index in [0.717, 1.165) is 29.7 Å². The molecule has 1 saturated carbocycles. The molecule has 0 saturated heterocycles. The highest BCUT2D eigenvalue weighted by atomic mass is 32.2. The van der Waals surface area contributed by atoms with Crippen LogP contribution in [0.2, 0.25) is 0 Å². The second-order valence-electron chi connectivity index (χ2n) is 3.94. The fourth-order valence-corrected chi connectivity index (χ4v) is 2.46. The first-order chi connectivity index (χ1) is 7.86. The molecule has 1 aliphatic rings. The van der Waals surface area contributed by atoms with Crippen LogP contribution in [-0.2, 0) is 6.54 Å². The van der Waals surface area contributed by atoms with Crippen LogP contribution < -0.4 is 0 Å². The van der Waals surface area contributed by atoms with Gasteiger partial charge in [-0.2, -0.15) is 0 Å². The molecule has 0 atom stereocenters. The van der Waals surface area contributed by atoms with Crippen LogP contribution in [0.1, 0.15) is 31.0 Å². The van der Waals surface area contributed by atoms with E-state index in [2.05, 4.69) is 21.3 Å². The molecule has 0 amide bonds. The number of hydrogen-bond acceptors (Lipinski definition) is 4. The summed E-state index contributed by atoms with van der Waals surface area (Å²) in [6, 6.07) is 0. The number of aromatic nitrogens is 3. The zero-order valence-corrected chi connectivity index (χ0v) is 10.1. The summed E-state index contributed by atoms with van der Waals surface area (Å²) < 4.78 is 2.15. The molecule has 4 nitrogen and oxygen atoms in total. The first-order valence-corrected chi connectivity index (χ1v) is 6.63. The molecule has 1 N–H and O–H groups in total. The predicted octanol–water partition coefficient (Wildman–Crippen LogP) is 1.82. The molecule has 2 rings (SSSR count). The largest absolute Gasteiger partial charge is 0.396 e. The molecule has 88 valence electrons. The second kappa shape index (κ2) is 5.50. The minimum Gasteiger partial charge on any atom is -0.396 e. The summed E-state index contributed by atoms with van der Waals surface area (Å²) in [5.74, 6) is 2.60. The average Bonchev–Trinajstić information content (AvgIpc) is 3.05. The molecule has 0 aromatic carbocycles. The van der Waals surface area contributed by atoms with Crippen LogP contribution in [0, 0.1) is 0 Å². The Morgan fingerprint density at radius 2 is 2.31 bits per heavy atom. The molecular formula is C11H17N3OS. The normalized spacial score (nSPS) is 15.3. The summed E-state index contributed by atoms with van der Waals surface area (Å²) >= 11 is 1.66. The Morgan fingerprint density at radius 3 is 2.94 bits per heavy atom. The highest BCUT2D eigenvalue weighted by Crippen LogP contribution is 2.40. The Hall–Kier alpha value is -0.810. The maximum absolute atomic E-state index is 8.75. The molecule has 0 spiro atoms. The van der Waals surface area contributed by atoms with Crippen molar-refractivity contribution >= 4 is 11.8 Å². The van der Waals surface area contributed by atoms with Gasteiger partial charge in [-0.3, -0.25) is 0 Å². The van der Waals surface area contributed by atoms with E-state index in [1.807, 2.05) is 6.08 Å². The number of allylic oxidation sites excluding steroid dienone is 1. The van der Waals surface area contributed by atoms with Gasteiger partial charge in [-0.05, 0) is 19.3 Å². The van der Waals surface area contributed by atoms with Crippen molar-refractivity contribution in [1.29, 1.82) is 0 Å². The van der Waals surface area contributed by atoms with Gasteiger partial charge in [-0.25, -0.2) is 0 Å². The SMILES string of the molecule is C=CCn1c(SCCCO)nnc1C1CC1. The van der Waals surface area contributed by atoms with Gasteiger partial charge in [0, 0.05) is 24.8 Å². The van der Waals surface area contributed by atoms with Crippen LogP contribution in [0.5, 0.6) is 0 Å². The van der Waals surface area contributed by atoms with Crippen LogP contribution in [-0.4, -0.2) is 32.2 Å². The molecule has 1 aromatic heterocycles. The maximum Gasteiger partial charge on any atom is 0.191 e. The van der Waals surface area contributed by atoms with Crippen LogP contribution in [0.15, 0.2) is 17.8 Å². The zero-order chi connectivity index (χ0) is 11.4. The van der Waals surface area contributed by atoms with Gasteiger partial charge in [0.2, 0.25) is 0 Å². The number of thioether (sulfide) groups is 1. The molecule has 0 radical (unpaired) electrons. The number of hydrogen-bond donors (Lipinski definition) is 1. The summed E-state index contributed by atoms with van der Waals surface area (Å²) in [6.45, 7) is 4.78. The Labute approximate surface area is 99.8 Å². The zero-order valence-electron chi connectivity index (χ0n) is 9.30.